The third kappa shape index (κ3) is 11.9. The topological polar surface area (TPSA) is 123 Å². The highest BCUT2D eigenvalue weighted by molar-refractivity contribution is 7.91. The second-order valence-electron chi connectivity index (χ2n) is 14.9. The Hall–Kier alpha value is -2.20. The predicted molar refractivity (Wildman–Crippen MR) is 203 cm³/mol. The van der Waals surface area contributed by atoms with Crippen LogP contribution < -0.4 is 0 Å². The van der Waals surface area contributed by atoms with E-state index in [2.05, 4.69) is 84.0 Å². The Balaban J connectivity index is 2.42. The van der Waals surface area contributed by atoms with Gasteiger partial charge in [0.1, 0.15) is 0 Å². The molecule has 0 aliphatic carbocycles. The highest BCUT2D eigenvalue weighted by Crippen LogP contribution is 2.41. The Morgan fingerprint density at radius 3 is 2.14 bits per heavy atom. The number of esters is 1. The standard InChI is InChI=1S/C36H64N4O6SSi2/c1-13-44-34(41)29(6)23-20-22-28(5)33(46-49(14-2,15-3)16-4)30(7)32(45-48(11,12)36(8,9)10)26-21-27-47(42,43)35-37-38-39-40(35)31-24-18-17-19-25-31/h17-19,23-25,28,30,32-33H,13-16,20-22,26-27H2,1-12H3/b29-23+/t28-,30-,32-,33+/m0/s1. The van der Waals surface area contributed by atoms with Crippen molar-refractivity contribution in [3.8, 4) is 5.69 Å². The van der Waals surface area contributed by atoms with Gasteiger partial charge in [0.25, 0.3) is 5.16 Å². The van der Waals surface area contributed by atoms with Crippen LogP contribution in [-0.2, 0) is 28.2 Å². The predicted octanol–water partition coefficient (Wildman–Crippen LogP) is 8.56. The van der Waals surface area contributed by atoms with Crippen molar-refractivity contribution >= 4 is 32.4 Å². The van der Waals surface area contributed by atoms with E-state index in [1.807, 2.05) is 31.2 Å². The molecular weight excluding hydrogens is 673 g/mol. The van der Waals surface area contributed by atoms with Gasteiger partial charge >= 0.3 is 5.97 Å². The number of ether oxygens (including phenoxy) is 1. The summed E-state index contributed by atoms with van der Waals surface area (Å²) in [5, 5.41) is 11.4. The van der Waals surface area contributed by atoms with E-state index in [4.69, 9.17) is 13.6 Å². The van der Waals surface area contributed by atoms with E-state index in [0.717, 1.165) is 31.0 Å². The molecule has 49 heavy (non-hydrogen) atoms. The number of carbonyl (C=O) groups is 1. The number of para-hydroxylation sites is 1. The van der Waals surface area contributed by atoms with Crippen LogP contribution in [-0.4, -0.2) is 75.8 Å². The molecule has 0 saturated carbocycles. The second kappa shape index (κ2) is 18.9. The fraction of sp³-hybridized carbons (Fsp3) is 0.722. The highest BCUT2D eigenvalue weighted by Gasteiger charge is 2.44. The van der Waals surface area contributed by atoms with E-state index >= 15 is 0 Å². The minimum Gasteiger partial charge on any atom is -0.463 e. The van der Waals surface area contributed by atoms with E-state index < -0.39 is 26.5 Å². The van der Waals surface area contributed by atoms with Crippen molar-refractivity contribution in [3.63, 3.8) is 0 Å². The Labute approximate surface area is 299 Å². The maximum absolute atomic E-state index is 13.6. The van der Waals surface area contributed by atoms with Crippen molar-refractivity contribution < 1.29 is 26.8 Å². The lowest BCUT2D eigenvalue weighted by atomic mass is 9.85. The maximum Gasteiger partial charge on any atom is 0.333 e. The molecule has 1 aromatic carbocycles. The van der Waals surface area contributed by atoms with Gasteiger partial charge < -0.3 is 13.6 Å². The summed E-state index contributed by atoms with van der Waals surface area (Å²) in [6, 6.07) is 12.1. The van der Waals surface area contributed by atoms with Crippen LogP contribution in [0, 0.1) is 11.8 Å². The minimum atomic E-state index is -3.78. The molecule has 1 heterocycles. The first-order chi connectivity index (χ1) is 22.9. The third-order valence-electron chi connectivity index (χ3n) is 10.5. The SMILES string of the molecule is CCOC(=O)/C(C)=C/CC[C@H](C)[C@@H](O[Si](CC)(CC)CC)[C@@H](C)[C@H](CCCS(=O)(=O)c1nnnn1-c1ccccc1)O[Si](C)(C)C(C)(C)C. The smallest absolute Gasteiger partial charge is 0.333 e. The second-order valence-corrected chi connectivity index (χ2v) is 26.4. The lowest BCUT2D eigenvalue weighted by Gasteiger charge is -2.45. The molecule has 1 aromatic heterocycles. The van der Waals surface area contributed by atoms with Crippen LogP contribution in [0.4, 0.5) is 0 Å². The Morgan fingerprint density at radius 1 is 0.980 bits per heavy atom. The summed E-state index contributed by atoms with van der Waals surface area (Å²) in [7, 11) is -8.06. The van der Waals surface area contributed by atoms with Gasteiger partial charge in [-0.25, -0.2) is 13.2 Å². The zero-order valence-corrected chi connectivity index (χ0v) is 35.1. The number of rotatable bonds is 21. The number of nitrogens with zero attached hydrogens (tertiary/aromatic N) is 4. The van der Waals surface area contributed by atoms with Crippen LogP contribution >= 0.6 is 0 Å². The van der Waals surface area contributed by atoms with Gasteiger partial charge in [0.15, 0.2) is 16.6 Å². The molecule has 10 nitrogen and oxygen atoms in total. The largest absolute Gasteiger partial charge is 0.463 e. The summed E-state index contributed by atoms with van der Waals surface area (Å²) >= 11 is 0. The maximum atomic E-state index is 13.6. The molecule has 0 saturated heterocycles. The van der Waals surface area contributed by atoms with Gasteiger partial charge in [-0.2, -0.15) is 4.68 Å². The van der Waals surface area contributed by atoms with Crippen molar-refractivity contribution in [3.05, 3.63) is 42.0 Å². The number of carbonyl (C=O) groups excluding carboxylic acids is 1. The fourth-order valence-electron chi connectivity index (χ4n) is 5.95. The average Bonchev–Trinajstić information content (AvgIpc) is 3.56. The minimum absolute atomic E-state index is 0.00752. The molecule has 0 spiro atoms. The van der Waals surface area contributed by atoms with Crippen LogP contribution in [0.1, 0.15) is 94.9 Å². The monoisotopic (exact) mass is 736 g/mol. The Morgan fingerprint density at radius 2 is 1.59 bits per heavy atom. The van der Waals surface area contributed by atoms with Crippen molar-refractivity contribution in [2.75, 3.05) is 12.4 Å². The molecule has 13 heteroatoms. The van der Waals surface area contributed by atoms with Crippen LogP contribution in [0.25, 0.3) is 5.69 Å². The van der Waals surface area contributed by atoms with Gasteiger partial charge in [-0.3, -0.25) is 0 Å². The fourth-order valence-corrected chi connectivity index (χ4v) is 11.7. The number of benzene rings is 1. The summed E-state index contributed by atoms with van der Waals surface area (Å²) in [5.74, 6) is -0.183. The zero-order valence-electron chi connectivity index (χ0n) is 32.3. The number of hydrogen-bond acceptors (Lipinski definition) is 9. The number of tetrazole rings is 1. The number of aromatic nitrogens is 4. The summed E-state index contributed by atoms with van der Waals surface area (Å²) < 4.78 is 48.2. The molecule has 0 amide bonds. The van der Waals surface area contributed by atoms with Gasteiger partial charge in [0, 0.05) is 11.5 Å². The number of hydrogen-bond donors (Lipinski definition) is 0. The van der Waals surface area contributed by atoms with Crippen LogP contribution in [0.5, 0.6) is 0 Å². The van der Waals surface area contributed by atoms with Crippen molar-refractivity contribution in [1.82, 2.24) is 20.2 Å². The first-order valence-corrected chi connectivity index (χ1v) is 25.2. The molecule has 2 rings (SSSR count). The van der Waals surface area contributed by atoms with E-state index in [9.17, 15) is 13.2 Å². The quantitative estimate of drug-likeness (QED) is 0.0705. The van der Waals surface area contributed by atoms with Gasteiger partial charge in [-0.05, 0) is 104 Å². The lowest BCUT2D eigenvalue weighted by molar-refractivity contribution is -0.138. The first kappa shape index (κ1) is 43.0. The summed E-state index contributed by atoms with van der Waals surface area (Å²) in [4.78, 5) is 12.2. The molecular formula is C36H64N4O6SSi2. The highest BCUT2D eigenvalue weighted by atomic mass is 32.2. The Bertz CT molecular complexity index is 1430. The van der Waals surface area contributed by atoms with Crippen molar-refractivity contribution in [2.24, 2.45) is 11.8 Å². The molecule has 0 aliphatic heterocycles. The van der Waals surface area contributed by atoms with Gasteiger partial charge in [-0.15, -0.1) is 0 Å². The first-order valence-electron chi connectivity index (χ1n) is 18.1. The van der Waals surface area contributed by atoms with Gasteiger partial charge in [-0.1, -0.05) is 84.8 Å². The van der Waals surface area contributed by atoms with Gasteiger partial charge in [0.2, 0.25) is 9.84 Å². The molecule has 0 aliphatic rings. The number of allylic oxidation sites excluding steroid dienone is 1. The molecule has 0 unspecified atom stereocenters. The average molecular weight is 737 g/mol. The number of sulfone groups is 1. The zero-order chi connectivity index (χ0) is 37.0. The molecule has 0 fully saturated rings. The lowest BCUT2D eigenvalue weighted by Crippen LogP contribution is -2.51. The summed E-state index contributed by atoms with van der Waals surface area (Å²) in [5.41, 5.74) is 1.22. The Kier molecular flexibility index (Phi) is 16.5. The van der Waals surface area contributed by atoms with E-state index in [1.54, 1.807) is 19.1 Å². The molecule has 278 valence electrons. The summed E-state index contributed by atoms with van der Waals surface area (Å²) in [6.07, 6.45) is 4.22. The third-order valence-corrected chi connectivity index (χ3v) is 21.3. The van der Waals surface area contributed by atoms with E-state index in [0.29, 0.717) is 30.7 Å². The van der Waals surface area contributed by atoms with E-state index in [1.165, 1.54) is 4.68 Å². The van der Waals surface area contributed by atoms with Crippen LogP contribution in [0.2, 0.25) is 36.3 Å². The molecule has 0 bridgehead atoms. The molecule has 4 atom stereocenters. The van der Waals surface area contributed by atoms with Crippen molar-refractivity contribution in [2.45, 2.75) is 149 Å². The van der Waals surface area contributed by atoms with Gasteiger partial charge in [0.05, 0.1) is 30.3 Å². The molecule has 2 aromatic rings. The van der Waals surface area contributed by atoms with E-state index in [-0.39, 0.29) is 46.0 Å². The molecule has 0 N–H and O–H groups in total. The van der Waals surface area contributed by atoms with Crippen LogP contribution in [0.15, 0.2) is 47.1 Å². The molecule has 0 radical (unpaired) electrons. The normalized spacial score (nSPS) is 15.9. The summed E-state index contributed by atoms with van der Waals surface area (Å²) in [6.45, 7) is 26.4. The van der Waals surface area contributed by atoms with Crippen LogP contribution in [0.3, 0.4) is 0 Å². The van der Waals surface area contributed by atoms with Crippen molar-refractivity contribution in [1.29, 1.82) is 0 Å².